The summed E-state index contributed by atoms with van der Waals surface area (Å²) >= 11 is 0. The van der Waals surface area contributed by atoms with E-state index in [1.807, 2.05) is 0 Å². The van der Waals surface area contributed by atoms with Gasteiger partial charge in [0, 0.05) is 17.8 Å². The molecule has 18 heavy (non-hydrogen) atoms. The third-order valence-corrected chi connectivity index (χ3v) is 3.09. The lowest BCUT2D eigenvalue weighted by molar-refractivity contribution is 0.0933. The van der Waals surface area contributed by atoms with Crippen molar-refractivity contribution in [3.05, 3.63) is 29.6 Å². The van der Waals surface area contributed by atoms with Gasteiger partial charge in [-0.2, -0.15) is 0 Å². The van der Waals surface area contributed by atoms with Gasteiger partial charge >= 0.3 is 0 Å². The maximum Gasteiger partial charge on any atom is 0.270 e. The van der Waals surface area contributed by atoms with Gasteiger partial charge in [0.15, 0.2) is 5.84 Å². The van der Waals surface area contributed by atoms with Crippen molar-refractivity contribution in [1.29, 1.82) is 0 Å². The number of amidine groups is 1. The van der Waals surface area contributed by atoms with Gasteiger partial charge in [-0.25, -0.2) is 0 Å². The van der Waals surface area contributed by atoms with Gasteiger partial charge in [-0.05, 0) is 25.0 Å². The van der Waals surface area contributed by atoms with Crippen LogP contribution in [-0.2, 0) is 0 Å². The highest BCUT2D eigenvalue weighted by molar-refractivity contribution is 5.98. The Morgan fingerprint density at radius 2 is 2.17 bits per heavy atom. The van der Waals surface area contributed by atoms with Crippen LogP contribution >= 0.6 is 0 Å². The number of pyridine rings is 1. The Morgan fingerprint density at radius 1 is 1.44 bits per heavy atom. The number of hydrogen-bond acceptors (Lipinski definition) is 4. The molecule has 2 rings (SSSR count). The molecule has 1 aliphatic rings. The number of carbonyl (C=O) groups is 1. The van der Waals surface area contributed by atoms with Gasteiger partial charge in [-0.3, -0.25) is 9.78 Å². The zero-order valence-electron chi connectivity index (χ0n) is 9.97. The van der Waals surface area contributed by atoms with Crippen LogP contribution in [0.4, 0.5) is 0 Å². The second-order valence-electron chi connectivity index (χ2n) is 4.37. The first-order chi connectivity index (χ1) is 8.70. The molecular weight excluding hydrogens is 232 g/mol. The van der Waals surface area contributed by atoms with E-state index in [9.17, 15) is 4.79 Å². The average Bonchev–Trinajstić information content (AvgIpc) is 2.91. The Labute approximate surface area is 105 Å². The first-order valence-corrected chi connectivity index (χ1v) is 5.95. The highest BCUT2D eigenvalue weighted by Gasteiger charge is 2.18. The van der Waals surface area contributed by atoms with Crippen LogP contribution in [0.2, 0.25) is 0 Å². The predicted molar refractivity (Wildman–Crippen MR) is 66.5 cm³/mol. The lowest BCUT2D eigenvalue weighted by Gasteiger charge is -2.11. The van der Waals surface area contributed by atoms with Crippen molar-refractivity contribution in [3.63, 3.8) is 0 Å². The zero-order chi connectivity index (χ0) is 13.0. The first-order valence-electron chi connectivity index (χ1n) is 5.95. The largest absolute Gasteiger partial charge is 0.409 e. The third kappa shape index (κ3) is 2.77. The van der Waals surface area contributed by atoms with Crippen molar-refractivity contribution < 1.29 is 10.0 Å². The van der Waals surface area contributed by atoms with E-state index in [0.29, 0.717) is 11.3 Å². The second kappa shape index (κ2) is 5.48. The van der Waals surface area contributed by atoms with Crippen molar-refractivity contribution in [2.24, 2.45) is 10.9 Å². The fourth-order valence-corrected chi connectivity index (χ4v) is 2.07. The summed E-state index contributed by atoms with van der Waals surface area (Å²) in [5, 5.41) is 14.3. The summed E-state index contributed by atoms with van der Waals surface area (Å²) in [5.41, 5.74) is 6.24. The average molecular weight is 248 g/mol. The van der Waals surface area contributed by atoms with Crippen molar-refractivity contribution in [2.45, 2.75) is 31.7 Å². The van der Waals surface area contributed by atoms with Gasteiger partial charge in [-0.15, -0.1) is 0 Å². The van der Waals surface area contributed by atoms with Crippen molar-refractivity contribution in [1.82, 2.24) is 10.3 Å². The molecule has 0 saturated heterocycles. The monoisotopic (exact) mass is 248 g/mol. The highest BCUT2D eigenvalue weighted by atomic mass is 16.4. The molecule has 96 valence electrons. The smallest absolute Gasteiger partial charge is 0.270 e. The molecule has 6 nitrogen and oxygen atoms in total. The minimum Gasteiger partial charge on any atom is -0.409 e. The van der Waals surface area contributed by atoms with Crippen LogP contribution in [0.3, 0.4) is 0 Å². The molecular formula is C12H16N4O2. The summed E-state index contributed by atoms with van der Waals surface area (Å²) in [5.74, 6) is -0.196. The number of amides is 1. The number of nitrogens with zero attached hydrogens (tertiary/aromatic N) is 2. The molecule has 0 aliphatic heterocycles. The summed E-state index contributed by atoms with van der Waals surface area (Å²) in [6.07, 6.45) is 5.82. The molecule has 6 heteroatoms. The van der Waals surface area contributed by atoms with E-state index < -0.39 is 0 Å². The molecule has 4 N–H and O–H groups in total. The lowest BCUT2D eigenvalue weighted by atomic mass is 10.2. The zero-order valence-corrected chi connectivity index (χ0v) is 9.97. The summed E-state index contributed by atoms with van der Waals surface area (Å²) < 4.78 is 0. The van der Waals surface area contributed by atoms with Crippen LogP contribution < -0.4 is 11.1 Å². The number of aromatic nitrogens is 1. The van der Waals surface area contributed by atoms with Crippen molar-refractivity contribution in [2.75, 3.05) is 0 Å². The number of hydrogen-bond donors (Lipinski definition) is 3. The van der Waals surface area contributed by atoms with Gasteiger partial charge < -0.3 is 16.3 Å². The Kier molecular flexibility index (Phi) is 3.76. The minimum atomic E-state index is -0.173. The maximum absolute atomic E-state index is 11.9. The van der Waals surface area contributed by atoms with Gasteiger partial charge in [0.2, 0.25) is 0 Å². The predicted octanol–water partition coefficient (Wildman–Crippen LogP) is 0.848. The number of nitrogens with one attached hydrogen (secondary N) is 1. The Bertz CT molecular complexity index is 450. The summed E-state index contributed by atoms with van der Waals surface area (Å²) in [4.78, 5) is 15.9. The molecule has 0 aromatic carbocycles. The van der Waals surface area contributed by atoms with Crippen molar-refractivity contribution in [3.8, 4) is 0 Å². The van der Waals surface area contributed by atoms with E-state index in [-0.39, 0.29) is 17.8 Å². The second-order valence-corrected chi connectivity index (χ2v) is 4.37. The standard InChI is InChI=1S/C12H16N4O2/c13-11(16-18)8-5-6-10(14-7-8)12(17)15-9-3-1-2-4-9/h5-7,9,18H,1-4H2,(H2,13,16)(H,15,17). The van der Waals surface area contributed by atoms with E-state index in [2.05, 4.69) is 15.5 Å². The van der Waals surface area contributed by atoms with E-state index in [0.717, 1.165) is 12.8 Å². The van der Waals surface area contributed by atoms with Gasteiger partial charge in [-0.1, -0.05) is 18.0 Å². The van der Waals surface area contributed by atoms with Crippen LogP contribution in [0, 0.1) is 0 Å². The minimum absolute atomic E-state index is 0.0229. The molecule has 0 radical (unpaired) electrons. The molecule has 1 heterocycles. The summed E-state index contributed by atoms with van der Waals surface area (Å²) in [6.45, 7) is 0. The number of carbonyl (C=O) groups excluding carboxylic acids is 1. The molecule has 0 spiro atoms. The Balaban J connectivity index is 2.02. The topological polar surface area (TPSA) is 101 Å². The molecule has 0 unspecified atom stereocenters. The number of nitrogens with two attached hydrogens (primary N) is 1. The van der Waals surface area contributed by atoms with Crippen LogP contribution in [0.1, 0.15) is 41.7 Å². The van der Waals surface area contributed by atoms with E-state index >= 15 is 0 Å². The van der Waals surface area contributed by atoms with E-state index in [1.165, 1.54) is 19.0 Å². The summed E-state index contributed by atoms with van der Waals surface area (Å²) in [7, 11) is 0. The van der Waals surface area contributed by atoms with Crippen LogP contribution in [-0.4, -0.2) is 28.0 Å². The molecule has 0 atom stereocenters. The van der Waals surface area contributed by atoms with Crippen molar-refractivity contribution >= 4 is 11.7 Å². The van der Waals surface area contributed by atoms with E-state index in [1.54, 1.807) is 12.1 Å². The number of oxime groups is 1. The maximum atomic E-state index is 11.9. The van der Waals surface area contributed by atoms with Gasteiger partial charge in [0.25, 0.3) is 5.91 Å². The fraction of sp³-hybridized carbons (Fsp3) is 0.417. The number of rotatable bonds is 3. The van der Waals surface area contributed by atoms with Crippen LogP contribution in [0.25, 0.3) is 0 Å². The van der Waals surface area contributed by atoms with Crippen LogP contribution in [0.5, 0.6) is 0 Å². The Morgan fingerprint density at radius 3 is 2.72 bits per heavy atom. The first kappa shape index (κ1) is 12.3. The SMILES string of the molecule is N/C(=N/O)c1ccc(C(=O)NC2CCCC2)nc1. The normalized spacial score (nSPS) is 16.8. The van der Waals surface area contributed by atoms with Gasteiger partial charge in [0.05, 0.1) is 0 Å². The molecule has 1 aromatic heterocycles. The molecule has 1 saturated carbocycles. The fourth-order valence-electron chi connectivity index (χ4n) is 2.07. The quantitative estimate of drug-likeness (QED) is 0.319. The lowest BCUT2D eigenvalue weighted by Crippen LogP contribution is -2.33. The van der Waals surface area contributed by atoms with E-state index in [4.69, 9.17) is 10.9 Å². The molecule has 1 aliphatic carbocycles. The van der Waals surface area contributed by atoms with Gasteiger partial charge in [0.1, 0.15) is 5.69 Å². The Hall–Kier alpha value is -2.11. The van der Waals surface area contributed by atoms with Crippen LogP contribution in [0.15, 0.2) is 23.5 Å². The molecule has 1 aromatic rings. The highest BCUT2D eigenvalue weighted by Crippen LogP contribution is 2.17. The molecule has 1 fully saturated rings. The summed E-state index contributed by atoms with van der Waals surface area (Å²) in [6, 6.07) is 3.44. The third-order valence-electron chi connectivity index (χ3n) is 3.09. The molecule has 1 amide bonds. The molecule has 0 bridgehead atoms.